The average molecular weight is 366 g/mol. The van der Waals surface area contributed by atoms with Gasteiger partial charge in [0.1, 0.15) is 18.0 Å². The second-order valence-electron chi connectivity index (χ2n) is 5.70. The molecule has 140 valence electrons. The lowest BCUT2D eigenvalue weighted by molar-refractivity contribution is 0.282. The number of hydrogen-bond acceptors (Lipinski definition) is 7. The van der Waals surface area contributed by atoms with E-state index in [9.17, 15) is 5.11 Å². The molecule has 0 unspecified atom stereocenters. The topological polar surface area (TPSA) is 88.5 Å². The standard InChI is InChI=1S/C20H22N4O3/c1-3-27-18-10-16(7-8-17(18)26-2)24-20-11-19(21-13-22-20)23-15-6-4-5-14(9-15)12-25/h4-11,13,25H,3,12H2,1-2H3,(H2,21,22,23,24). The Bertz CT molecular complexity index is 902. The molecule has 3 N–H and O–H groups in total. The van der Waals surface area contributed by atoms with E-state index in [2.05, 4.69) is 20.6 Å². The Labute approximate surface area is 158 Å². The Kier molecular flexibility index (Phi) is 6.06. The van der Waals surface area contributed by atoms with Crippen LogP contribution in [-0.4, -0.2) is 28.8 Å². The zero-order valence-corrected chi connectivity index (χ0v) is 15.3. The summed E-state index contributed by atoms with van der Waals surface area (Å²) >= 11 is 0. The fourth-order valence-corrected chi connectivity index (χ4v) is 2.56. The summed E-state index contributed by atoms with van der Waals surface area (Å²) in [5.74, 6) is 2.62. The van der Waals surface area contributed by atoms with E-state index in [1.54, 1.807) is 13.2 Å². The summed E-state index contributed by atoms with van der Waals surface area (Å²) in [5, 5.41) is 15.7. The van der Waals surface area contributed by atoms with E-state index in [1.807, 2.05) is 49.4 Å². The van der Waals surface area contributed by atoms with Crippen molar-refractivity contribution in [2.75, 3.05) is 24.4 Å². The molecule has 0 saturated carbocycles. The smallest absolute Gasteiger partial charge is 0.163 e. The van der Waals surface area contributed by atoms with Gasteiger partial charge in [-0.3, -0.25) is 0 Å². The lowest BCUT2D eigenvalue weighted by Gasteiger charge is -2.13. The Morgan fingerprint density at radius 2 is 1.67 bits per heavy atom. The highest BCUT2D eigenvalue weighted by Crippen LogP contribution is 2.31. The van der Waals surface area contributed by atoms with E-state index < -0.39 is 0 Å². The van der Waals surface area contributed by atoms with Crippen LogP contribution in [0, 0.1) is 0 Å². The number of nitrogens with zero attached hydrogens (tertiary/aromatic N) is 2. The van der Waals surface area contributed by atoms with Gasteiger partial charge in [0.25, 0.3) is 0 Å². The van der Waals surface area contributed by atoms with Crippen LogP contribution in [0.2, 0.25) is 0 Å². The third-order valence-electron chi connectivity index (χ3n) is 3.78. The predicted octanol–water partition coefficient (Wildman–Crippen LogP) is 3.86. The molecular weight excluding hydrogens is 344 g/mol. The second-order valence-corrected chi connectivity index (χ2v) is 5.70. The van der Waals surface area contributed by atoms with Gasteiger partial charge in [-0.05, 0) is 36.8 Å². The van der Waals surface area contributed by atoms with Gasteiger partial charge in [0.05, 0.1) is 20.3 Å². The molecule has 27 heavy (non-hydrogen) atoms. The molecule has 3 rings (SSSR count). The first-order valence-corrected chi connectivity index (χ1v) is 8.58. The van der Waals surface area contributed by atoms with Crippen LogP contribution in [0.3, 0.4) is 0 Å². The van der Waals surface area contributed by atoms with Gasteiger partial charge in [0.2, 0.25) is 0 Å². The molecule has 7 heteroatoms. The molecule has 0 spiro atoms. The molecule has 0 aliphatic carbocycles. The van der Waals surface area contributed by atoms with Gasteiger partial charge in [0.15, 0.2) is 11.5 Å². The molecule has 7 nitrogen and oxygen atoms in total. The van der Waals surface area contributed by atoms with E-state index in [0.29, 0.717) is 29.7 Å². The van der Waals surface area contributed by atoms with Crippen LogP contribution in [0.25, 0.3) is 0 Å². The van der Waals surface area contributed by atoms with Gasteiger partial charge in [0, 0.05) is 23.5 Å². The van der Waals surface area contributed by atoms with Crippen molar-refractivity contribution in [2.45, 2.75) is 13.5 Å². The first kappa shape index (κ1) is 18.5. The largest absolute Gasteiger partial charge is 0.493 e. The maximum atomic E-state index is 9.25. The summed E-state index contributed by atoms with van der Waals surface area (Å²) in [7, 11) is 1.61. The summed E-state index contributed by atoms with van der Waals surface area (Å²) in [6.45, 7) is 2.47. The molecule has 1 aromatic heterocycles. The molecule has 1 heterocycles. The average Bonchev–Trinajstić information content (AvgIpc) is 2.69. The molecule has 0 amide bonds. The quantitative estimate of drug-likeness (QED) is 0.558. The first-order chi connectivity index (χ1) is 13.2. The van der Waals surface area contributed by atoms with Gasteiger partial charge in [-0.2, -0.15) is 0 Å². The minimum absolute atomic E-state index is 0.00820. The van der Waals surface area contributed by atoms with Crippen molar-refractivity contribution in [1.29, 1.82) is 0 Å². The maximum Gasteiger partial charge on any atom is 0.163 e. The molecule has 0 aliphatic rings. The summed E-state index contributed by atoms with van der Waals surface area (Å²) < 4.78 is 10.9. The monoisotopic (exact) mass is 366 g/mol. The van der Waals surface area contributed by atoms with Crippen LogP contribution in [-0.2, 0) is 6.61 Å². The number of aliphatic hydroxyl groups excluding tert-OH is 1. The van der Waals surface area contributed by atoms with Crippen molar-refractivity contribution < 1.29 is 14.6 Å². The summed E-state index contributed by atoms with van der Waals surface area (Å²) in [6.07, 6.45) is 1.48. The SMILES string of the molecule is CCOc1cc(Nc2cc(Nc3cccc(CO)c3)ncn2)ccc1OC. The number of nitrogens with one attached hydrogen (secondary N) is 2. The zero-order valence-electron chi connectivity index (χ0n) is 15.3. The van der Waals surface area contributed by atoms with Crippen LogP contribution < -0.4 is 20.1 Å². The third-order valence-corrected chi connectivity index (χ3v) is 3.78. The maximum absolute atomic E-state index is 9.25. The lowest BCUT2D eigenvalue weighted by Crippen LogP contribution is -2.00. The van der Waals surface area contributed by atoms with Crippen LogP contribution in [0.5, 0.6) is 11.5 Å². The summed E-state index contributed by atoms with van der Waals surface area (Å²) in [5.41, 5.74) is 2.49. The number of aromatic nitrogens is 2. The van der Waals surface area contributed by atoms with E-state index >= 15 is 0 Å². The van der Waals surface area contributed by atoms with Crippen molar-refractivity contribution in [3.05, 3.63) is 60.4 Å². The highest BCUT2D eigenvalue weighted by Gasteiger charge is 2.07. The van der Waals surface area contributed by atoms with E-state index in [0.717, 1.165) is 16.9 Å². The number of aliphatic hydroxyl groups is 1. The normalized spacial score (nSPS) is 10.3. The fourth-order valence-electron chi connectivity index (χ4n) is 2.56. The number of methoxy groups -OCH3 is 1. The van der Waals surface area contributed by atoms with Crippen LogP contribution in [0.1, 0.15) is 12.5 Å². The molecule has 0 radical (unpaired) electrons. The van der Waals surface area contributed by atoms with Crippen molar-refractivity contribution in [3.63, 3.8) is 0 Å². The molecule has 2 aromatic carbocycles. The zero-order chi connectivity index (χ0) is 19.1. The number of ether oxygens (including phenoxy) is 2. The summed E-state index contributed by atoms with van der Waals surface area (Å²) in [6, 6.07) is 14.9. The van der Waals surface area contributed by atoms with Crippen LogP contribution >= 0.6 is 0 Å². The second kappa shape index (κ2) is 8.86. The lowest BCUT2D eigenvalue weighted by atomic mass is 10.2. The van der Waals surface area contributed by atoms with Crippen molar-refractivity contribution in [1.82, 2.24) is 9.97 Å². The highest BCUT2D eigenvalue weighted by molar-refractivity contribution is 5.65. The Hall–Kier alpha value is -3.32. The molecule has 0 aliphatic heterocycles. The number of hydrogen-bond donors (Lipinski definition) is 3. The Morgan fingerprint density at radius 1 is 0.926 bits per heavy atom. The van der Waals surface area contributed by atoms with Gasteiger partial charge in [-0.25, -0.2) is 9.97 Å². The van der Waals surface area contributed by atoms with Crippen LogP contribution in [0.15, 0.2) is 54.9 Å². The van der Waals surface area contributed by atoms with E-state index in [-0.39, 0.29) is 6.61 Å². The van der Waals surface area contributed by atoms with E-state index in [4.69, 9.17) is 9.47 Å². The fraction of sp³-hybridized carbons (Fsp3) is 0.200. The molecule has 3 aromatic rings. The highest BCUT2D eigenvalue weighted by atomic mass is 16.5. The van der Waals surface area contributed by atoms with Crippen molar-refractivity contribution >= 4 is 23.0 Å². The number of rotatable bonds is 8. The molecular formula is C20H22N4O3. The first-order valence-electron chi connectivity index (χ1n) is 8.58. The van der Waals surface area contributed by atoms with Gasteiger partial charge in [-0.1, -0.05) is 12.1 Å². The molecule has 0 atom stereocenters. The van der Waals surface area contributed by atoms with E-state index in [1.165, 1.54) is 6.33 Å². The van der Waals surface area contributed by atoms with Gasteiger partial charge >= 0.3 is 0 Å². The Morgan fingerprint density at radius 3 is 2.33 bits per heavy atom. The minimum atomic E-state index is -0.00820. The van der Waals surface area contributed by atoms with Gasteiger partial charge < -0.3 is 25.2 Å². The van der Waals surface area contributed by atoms with Gasteiger partial charge in [-0.15, -0.1) is 0 Å². The minimum Gasteiger partial charge on any atom is -0.493 e. The number of anilines is 4. The van der Waals surface area contributed by atoms with Crippen molar-refractivity contribution in [2.24, 2.45) is 0 Å². The third kappa shape index (κ3) is 4.86. The molecule has 0 saturated heterocycles. The van der Waals surface area contributed by atoms with Crippen molar-refractivity contribution in [3.8, 4) is 11.5 Å². The summed E-state index contributed by atoms with van der Waals surface area (Å²) in [4.78, 5) is 8.49. The van der Waals surface area contributed by atoms with Crippen LogP contribution in [0.4, 0.5) is 23.0 Å². The molecule has 0 fully saturated rings. The Balaban J connectivity index is 1.76. The predicted molar refractivity (Wildman–Crippen MR) is 105 cm³/mol. The number of benzene rings is 2. The molecule has 0 bridgehead atoms.